The lowest BCUT2D eigenvalue weighted by molar-refractivity contribution is 0.257. The van der Waals surface area contributed by atoms with E-state index in [1.165, 1.54) is 16.7 Å². The van der Waals surface area contributed by atoms with E-state index in [9.17, 15) is 0 Å². The monoisotopic (exact) mass is 360 g/mol. The molecule has 130 valence electrons. The minimum Gasteiger partial charge on any atom is -0.347 e. The van der Waals surface area contributed by atoms with Crippen LogP contribution in [0.15, 0.2) is 89.9 Å². The maximum atomic E-state index is 6.06. The molecule has 0 fully saturated rings. The van der Waals surface area contributed by atoms with Crippen molar-refractivity contribution in [1.82, 2.24) is 4.90 Å². The lowest BCUT2D eigenvalue weighted by Crippen LogP contribution is -2.28. The normalized spacial score (nSPS) is 20.3. The van der Waals surface area contributed by atoms with Crippen LogP contribution >= 0.6 is 11.6 Å². The molecule has 0 saturated heterocycles. The smallest absolute Gasteiger partial charge is 0.101 e. The van der Waals surface area contributed by atoms with Crippen LogP contribution in [-0.2, 0) is 0 Å². The Kier molecular flexibility index (Phi) is 4.77. The molecule has 1 unspecified atom stereocenters. The molecule has 0 bridgehead atoms. The Morgan fingerprint density at radius 3 is 2.00 bits per heavy atom. The molecule has 3 heteroatoms. The quantitative estimate of drug-likeness (QED) is 0.538. The second kappa shape index (κ2) is 7.35. The fraction of sp³-hybridized carbons (Fsp3) is 0.174. The van der Waals surface area contributed by atoms with E-state index in [0.717, 1.165) is 5.02 Å². The van der Waals surface area contributed by atoms with Gasteiger partial charge in [-0.1, -0.05) is 84.4 Å². The highest BCUT2D eigenvalue weighted by molar-refractivity contribution is 6.30. The summed E-state index contributed by atoms with van der Waals surface area (Å²) < 4.78 is 0. The molecule has 0 saturated carbocycles. The predicted molar refractivity (Wildman–Crippen MR) is 109 cm³/mol. The van der Waals surface area contributed by atoms with E-state index in [0.29, 0.717) is 0 Å². The number of benzene rings is 3. The second-order valence-electron chi connectivity index (χ2n) is 6.65. The van der Waals surface area contributed by atoms with Gasteiger partial charge in [0.2, 0.25) is 0 Å². The van der Waals surface area contributed by atoms with Gasteiger partial charge in [0.15, 0.2) is 0 Å². The van der Waals surface area contributed by atoms with E-state index in [1.807, 2.05) is 24.5 Å². The first kappa shape index (κ1) is 16.9. The largest absolute Gasteiger partial charge is 0.347 e. The van der Waals surface area contributed by atoms with Gasteiger partial charge in [-0.05, 0) is 35.7 Å². The van der Waals surface area contributed by atoms with E-state index in [1.54, 1.807) is 0 Å². The summed E-state index contributed by atoms with van der Waals surface area (Å²) in [6.45, 7) is 2.22. The molecule has 3 atom stereocenters. The molecular weight excluding hydrogens is 340 g/mol. The van der Waals surface area contributed by atoms with Crippen molar-refractivity contribution in [1.29, 1.82) is 0 Å². The predicted octanol–water partition coefficient (Wildman–Crippen LogP) is 6.23. The molecule has 0 aliphatic carbocycles. The Balaban J connectivity index is 1.72. The summed E-state index contributed by atoms with van der Waals surface area (Å²) in [4.78, 5) is 7.24. The minimum absolute atomic E-state index is 0.0911. The summed E-state index contributed by atoms with van der Waals surface area (Å²) in [6, 6.07) is 29.7. The van der Waals surface area contributed by atoms with Crippen molar-refractivity contribution in [3.63, 3.8) is 0 Å². The van der Waals surface area contributed by atoms with Crippen LogP contribution in [0.5, 0.6) is 0 Å². The fourth-order valence-electron chi connectivity index (χ4n) is 3.64. The van der Waals surface area contributed by atoms with Gasteiger partial charge in [-0.2, -0.15) is 0 Å². The molecule has 3 aromatic rings. The van der Waals surface area contributed by atoms with Crippen LogP contribution in [0.3, 0.4) is 0 Å². The Hall–Kier alpha value is -2.58. The molecule has 0 spiro atoms. The molecule has 4 rings (SSSR count). The summed E-state index contributed by atoms with van der Waals surface area (Å²) in [5.74, 6) is 0. The molecule has 1 aliphatic rings. The number of hydrogen-bond acceptors (Lipinski definition) is 2. The fourth-order valence-corrected chi connectivity index (χ4v) is 3.77. The van der Waals surface area contributed by atoms with Crippen LogP contribution in [0, 0.1) is 0 Å². The summed E-state index contributed by atoms with van der Waals surface area (Å²) in [7, 11) is 0. The topological polar surface area (TPSA) is 15.6 Å². The first-order valence-corrected chi connectivity index (χ1v) is 9.28. The Labute approximate surface area is 159 Å². The average molecular weight is 361 g/mol. The zero-order valence-corrected chi connectivity index (χ0v) is 15.4. The van der Waals surface area contributed by atoms with Crippen molar-refractivity contribution >= 4 is 17.9 Å². The van der Waals surface area contributed by atoms with Gasteiger partial charge in [0.05, 0.1) is 18.4 Å². The van der Waals surface area contributed by atoms with Crippen molar-refractivity contribution in [3.8, 4) is 0 Å². The summed E-state index contributed by atoms with van der Waals surface area (Å²) in [5.41, 5.74) is 3.75. The van der Waals surface area contributed by atoms with E-state index < -0.39 is 0 Å². The van der Waals surface area contributed by atoms with Gasteiger partial charge in [0.25, 0.3) is 0 Å². The highest BCUT2D eigenvalue weighted by Crippen LogP contribution is 2.43. The van der Waals surface area contributed by atoms with Gasteiger partial charge < -0.3 is 4.90 Å². The second-order valence-corrected chi connectivity index (χ2v) is 7.09. The lowest BCUT2D eigenvalue weighted by atomic mass is 9.92. The number of halogens is 1. The summed E-state index contributed by atoms with van der Waals surface area (Å²) in [5, 5.41) is 0.762. The molecule has 1 aliphatic heterocycles. The van der Waals surface area contributed by atoms with Crippen LogP contribution in [0.2, 0.25) is 5.02 Å². The number of hydrogen-bond donors (Lipinski definition) is 0. The third kappa shape index (κ3) is 3.25. The number of rotatable bonds is 4. The molecule has 3 aromatic carbocycles. The van der Waals surface area contributed by atoms with Crippen LogP contribution in [-0.4, -0.2) is 11.2 Å². The lowest BCUT2D eigenvalue weighted by Gasteiger charge is -2.34. The molecule has 0 aromatic heterocycles. The Morgan fingerprint density at radius 2 is 1.38 bits per heavy atom. The van der Waals surface area contributed by atoms with Gasteiger partial charge in [-0.3, -0.25) is 4.99 Å². The van der Waals surface area contributed by atoms with Gasteiger partial charge in [-0.25, -0.2) is 0 Å². The maximum Gasteiger partial charge on any atom is 0.101 e. The van der Waals surface area contributed by atoms with E-state index >= 15 is 0 Å². The van der Waals surface area contributed by atoms with Crippen molar-refractivity contribution in [2.45, 2.75) is 25.0 Å². The summed E-state index contributed by atoms with van der Waals surface area (Å²) in [6.07, 6.45) is 2.01. The van der Waals surface area contributed by atoms with Crippen molar-refractivity contribution in [2.75, 3.05) is 0 Å². The molecule has 1 heterocycles. The zero-order valence-electron chi connectivity index (χ0n) is 14.7. The minimum atomic E-state index is 0.0911. The van der Waals surface area contributed by atoms with Crippen LogP contribution in [0.1, 0.15) is 41.7 Å². The van der Waals surface area contributed by atoms with Crippen molar-refractivity contribution in [2.24, 2.45) is 4.99 Å². The highest BCUT2D eigenvalue weighted by Gasteiger charge is 2.35. The molecule has 2 nitrogen and oxygen atoms in total. The average Bonchev–Trinajstić information content (AvgIpc) is 3.14. The van der Waals surface area contributed by atoms with Crippen molar-refractivity contribution < 1.29 is 0 Å². The maximum absolute atomic E-state index is 6.06. The SMILES string of the molecule is CC(c1ccc(Cl)cc1)N1C=N[C@@H](c2ccccc2)[C@H]1c1ccccc1. The highest BCUT2D eigenvalue weighted by atomic mass is 35.5. The third-order valence-electron chi connectivity index (χ3n) is 5.06. The van der Waals surface area contributed by atoms with Crippen LogP contribution in [0.25, 0.3) is 0 Å². The number of aliphatic imine (C=N–C) groups is 1. The van der Waals surface area contributed by atoms with Crippen molar-refractivity contribution in [3.05, 3.63) is 107 Å². The van der Waals surface area contributed by atoms with Crippen LogP contribution < -0.4 is 0 Å². The van der Waals surface area contributed by atoms with Gasteiger partial charge >= 0.3 is 0 Å². The third-order valence-corrected chi connectivity index (χ3v) is 5.31. The number of nitrogens with zero attached hydrogens (tertiary/aromatic N) is 2. The van der Waals surface area contributed by atoms with E-state index in [-0.39, 0.29) is 18.1 Å². The van der Waals surface area contributed by atoms with Gasteiger partial charge in [-0.15, -0.1) is 0 Å². The zero-order chi connectivity index (χ0) is 17.9. The Morgan fingerprint density at radius 1 is 0.808 bits per heavy atom. The summed E-state index contributed by atoms with van der Waals surface area (Å²) >= 11 is 6.06. The molecule has 0 radical (unpaired) electrons. The molecular formula is C23H21ClN2. The first-order valence-electron chi connectivity index (χ1n) is 8.90. The molecule has 0 amide bonds. The standard InChI is InChI=1S/C23H21ClN2/c1-17(18-12-14-21(24)15-13-18)26-16-25-22(19-8-4-2-5-9-19)23(26)20-10-6-3-7-11-20/h2-17,22-23H,1H3/t17?,22-,23+/m0/s1. The molecule has 26 heavy (non-hydrogen) atoms. The van der Waals surface area contributed by atoms with Gasteiger partial charge in [0.1, 0.15) is 6.04 Å². The van der Waals surface area contributed by atoms with E-state index in [4.69, 9.17) is 16.6 Å². The molecule has 0 N–H and O–H groups in total. The van der Waals surface area contributed by atoms with Crippen LogP contribution in [0.4, 0.5) is 0 Å². The first-order chi connectivity index (χ1) is 12.7. The van der Waals surface area contributed by atoms with E-state index in [2.05, 4.69) is 78.6 Å². The Bertz CT molecular complexity index is 875. The van der Waals surface area contributed by atoms with Gasteiger partial charge in [0, 0.05) is 5.02 Å².